The van der Waals surface area contributed by atoms with Crippen molar-refractivity contribution in [2.24, 2.45) is 17.8 Å². The average molecular weight is 340 g/mol. The summed E-state index contributed by atoms with van der Waals surface area (Å²) in [5, 5.41) is 3.44. The van der Waals surface area contributed by atoms with Gasteiger partial charge in [0.2, 0.25) is 5.91 Å². The lowest BCUT2D eigenvalue weighted by molar-refractivity contribution is -0.135. The topological polar surface area (TPSA) is 61.6 Å². The monoisotopic (exact) mass is 340 g/mol. The van der Waals surface area contributed by atoms with Crippen LogP contribution in [0.25, 0.3) is 11.1 Å². The minimum absolute atomic E-state index is 0.160. The molecule has 0 saturated carbocycles. The van der Waals surface area contributed by atoms with Gasteiger partial charge in [0.05, 0.1) is 0 Å². The Morgan fingerprint density at radius 3 is 2.56 bits per heavy atom. The second-order valence-corrected chi connectivity index (χ2v) is 7.65. The van der Waals surface area contributed by atoms with Crippen molar-refractivity contribution in [3.63, 3.8) is 0 Å². The molecule has 0 aliphatic carbocycles. The number of likely N-dealkylation sites (tertiary alicyclic amines) is 1. The first-order valence-corrected chi connectivity index (χ1v) is 9.38. The van der Waals surface area contributed by atoms with Gasteiger partial charge in [-0.3, -0.25) is 4.79 Å². The van der Waals surface area contributed by atoms with Crippen LogP contribution < -0.4 is 10.2 Å². The summed E-state index contributed by atoms with van der Waals surface area (Å²) in [5.41, 5.74) is 1.72. The quantitative estimate of drug-likeness (QED) is 0.902. The number of fused-ring (bicyclic) bond motifs is 2. The predicted octanol–water partition coefficient (Wildman–Crippen LogP) is 1.72. The van der Waals surface area contributed by atoms with Crippen LogP contribution in [0.15, 0.2) is 28.7 Å². The predicted molar refractivity (Wildman–Crippen MR) is 95.4 cm³/mol. The molecular formula is C19H24N4O2. The van der Waals surface area contributed by atoms with Crippen LogP contribution in [-0.4, -0.2) is 55.1 Å². The van der Waals surface area contributed by atoms with Crippen LogP contribution in [0.1, 0.15) is 12.8 Å². The number of carbonyl (C=O) groups excluding carboxylic acids is 1. The average Bonchev–Trinajstić information content (AvgIpc) is 3.35. The maximum Gasteiger partial charge on any atom is 0.298 e. The van der Waals surface area contributed by atoms with Crippen LogP contribution in [0.5, 0.6) is 0 Å². The number of hydrogen-bond donors (Lipinski definition) is 1. The van der Waals surface area contributed by atoms with E-state index in [2.05, 4.69) is 20.1 Å². The lowest BCUT2D eigenvalue weighted by Crippen LogP contribution is -2.42. The summed E-state index contributed by atoms with van der Waals surface area (Å²) in [4.78, 5) is 21.7. The van der Waals surface area contributed by atoms with Crippen molar-refractivity contribution < 1.29 is 9.21 Å². The van der Waals surface area contributed by atoms with Gasteiger partial charge in [-0.15, -0.1) is 0 Å². The van der Waals surface area contributed by atoms with E-state index in [-0.39, 0.29) is 5.92 Å². The first-order chi connectivity index (χ1) is 12.3. The van der Waals surface area contributed by atoms with E-state index in [0.29, 0.717) is 23.8 Å². The molecule has 3 fully saturated rings. The summed E-state index contributed by atoms with van der Waals surface area (Å²) in [5.74, 6) is 1.87. The molecule has 6 nitrogen and oxygen atoms in total. The third-order valence-electron chi connectivity index (χ3n) is 6.10. The molecule has 5 rings (SSSR count). The van der Waals surface area contributed by atoms with Crippen LogP contribution in [0.3, 0.4) is 0 Å². The summed E-state index contributed by atoms with van der Waals surface area (Å²) in [6, 6.07) is 8.54. The number of oxazole rings is 1. The van der Waals surface area contributed by atoms with Crippen molar-refractivity contribution in [2.75, 3.05) is 44.2 Å². The first kappa shape index (κ1) is 15.2. The molecule has 6 heteroatoms. The second kappa shape index (κ2) is 6.02. The molecular weight excluding hydrogens is 316 g/mol. The molecule has 0 radical (unpaired) electrons. The Morgan fingerprint density at radius 2 is 1.84 bits per heavy atom. The maximum absolute atomic E-state index is 12.9. The fourth-order valence-corrected chi connectivity index (χ4v) is 4.61. The van der Waals surface area contributed by atoms with Gasteiger partial charge in [0, 0.05) is 45.2 Å². The van der Waals surface area contributed by atoms with Crippen LogP contribution in [0.2, 0.25) is 0 Å². The van der Waals surface area contributed by atoms with E-state index in [0.717, 1.165) is 63.2 Å². The molecule has 3 aliphatic heterocycles. The number of nitrogens with zero attached hydrogens (tertiary/aromatic N) is 3. The highest BCUT2D eigenvalue weighted by Crippen LogP contribution is 2.31. The summed E-state index contributed by atoms with van der Waals surface area (Å²) in [7, 11) is 0. The zero-order valence-corrected chi connectivity index (χ0v) is 14.4. The molecule has 2 aromatic rings. The highest BCUT2D eigenvalue weighted by Gasteiger charge is 2.40. The van der Waals surface area contributed by atoms with Crippen molar-refractivity contribution >= 4 is 23.0 Å². The minimum atomic E-state index is 0.160. The summed E-state index contributed by atoms with van der Waals surface area (Å²) < 4.78 is 5.87. The highest BCUT2D eigenvalue weighted by atomic mass is 16.4. The molecule has 132 valence electrons. The fourth-order valence-electron chi connectivity index (χ4n) is 4.61. The van der Waals surface area contributed by atoms with E-state index in [9.17, 15) is 4.79 Å². The summed E-state index contributed by atoms with van der Waals surface area (Å²) >= 11 is 0. The SMILES string of the molecule is O=C(C1CCN(c2nc3ccccc3o2)CC1)N1C[C@H]2CNC[C@H]2C1. The lowest BCUT2D eigenvalue weighted by Gasteiger charge is -2.32. The summed E-state index contributed by atoms with van der Waals surface area (Å²) in [6.07, 6.45) is 1.78. The van der Waals surface area contributed by atoms with Crippen molar-refractivity contribution in [1.29, 1.82) is 0 Å². The number of benzene rings is 1. The number of para-hydroxylation sites is 2. The maximum atomic E-state index is 12.9. The molecule has 1 amide bonds. The number of anilines is 1. The van der Waals surface area contributed by atoms with Gasteiger partial charge in [-0.2, -0.15) is 4.98 Å². The van der Waals surface area contributed by atoms with Crippen LogP contribution >= 0.6 is 0 Å². The molecule has 25 heavy (non-hydrogen) atoms. The number of aromatic nitrogens is 1. The number of amides is 1. The Morgan fingerprint density at radius 1 is 1.12 bits per heavy atom. The van der Waals surface area contributed by atoms with Crippen LogP contribution in [-0.2, 0) is 4.79 Å². The summed E-state index contributed by atoms with van der Waals surface area (Å²) in [6.45, 7) is 5.72. The van der Waals surface area contributed by atoms with Crippen LogP contribution in [0, 0.1) is 17.8 Å². The van der Waals surface area contributed by atoms with Gasteiger partial charge in [0.25, 0.3) is 6.01 Å². The Balaban J connectivity index is 1.21. The molecule has 4 heterocycles. The number of hydrogen-bond acceptors (Lipinski definition) is 5. The van der Waals surface area contributed by atoms with E-state index in [4.69, 9.17) is 4.42 Å². The Kier molecular flexibility index (Phi) is 3.66. The van der Waals surface area contributed by atoms with E-state index < -0.39 is 0 Å². The van der Waals surface area contributed by atoms with Gasteiger partial charge in [-0.25, -0.2) is 0 Å². The number of piperidine rings is 1. The third kappa shape index (κ3) is 2.68. The molecule has 2 atom stereocenters. The van der Waals surface area contributed by atoms with Gasteiger partial charge < -0.3 is 19.5 Å². The third-order valence-corrected chi connectivity index (χ3v) is 6.10. The van der Waals surface area contributed by atoms with Crippen molar-refractivity contribution in [3.05, 3.63) is 24.3 Å². The molecule has 1 aromatic carbocycles. The Bertz CT molecular complexity index is 736. The molecule has 1 aromatic heterocycles. The van der Waals surface area contributed by atoms with Crippen molar-refractivity contribution in [2.45, 2.75) is 12.8 Å². The van der Waals surface area contributed by atoms with E-state index in [1.165, 1.54) is 0 Å². The molecule has 3 aliphatic rings. The van der Waals surface area contributed by atoms with E-state index in [1.807, 2.05) is 24.3 Å². The van der Waals surface area contributed by atoms with Crippen molar-refractivity contribution in [1.82, 2.24) is 15.2 Å². The highest BCUT2D eigenvalue weighted by molar-refractivity contribution is 5.79. The fraction of sp³-hybridized carbons (Fsp3) is 0.579. The normalized spacial score (nSPS) is 27.2. The van der Waals surface area contributed by atoms with Crippen molar-refractivity contribution in [3.8, 4) is 0 Å². The standard InChI is InChI=1S/C19H24N4O2/c24-18(23-11-14-9-20-10-15(14)12-23)13-5-7-22(8-6-13)19-21-16-3-1-2-4-17(16)25-19/h1-4,13-15,20H,5-12H2/t14-,15+. The Labute approximate surface area is 147 Å². The lowest BCUT2D eigenvalue weighted by atomic mass is 9.95. The molecule has 0 bridgehead atoms. The molecule has 3 saturated heterocycles. The zero-order chi connectivity index (χ0) is 16.8. The van der Waals surface area contributed by atoms with Gasteiger partial charge in [0.15, 0.2) is 5.58 Å². The van der Waals surface area contributed by atoms with Gasteiger partial charge in [-0.05, 0) is 36.8 Å². The largest absolute Gasteiger partial charge is 0.423 e. The molecule has 0 spiro atoms. The number of rotatable bonds is 2. The molecule has 1 N–H and O–H groups in total. The van der Waals surface area contributed by atoms with Gasteiger partial charge in [0.1, 0.15) is 5.52 Å². The van der Waals surface area contributed by atoms with E-state index >= 15 is 0 Å². The van der Waals surface area contributed by atoms with Gasteiger partial charge in [-0.1, -0.05) is 12.1 Å². The zero-order valence-electron chi connectivity index (χ0n) is 14.4. The number of carbonyl (C=O) groups is 1. The van der Waals surface area contributed by atoms with Crippen LogP contribution in [0.4, 0.5) is 6.01 Å². The number of nitrogens with one attached hydrogen (secondary N) is 1. The second-order valence-electron chi connectivity index (χ2n) is 7.65. The van der Waals surface area contributed by atoms with E-state index in [1.54, 1.807) is 0 Å². The smallest absolute Gasteiger partial charge is 0.298 e. The van der Waals surface area contributed by atoms with Gasteiger partial charge >= 0.3 is 0 Å². The molecule has 0 unspecified atom stereocenters. The Hall–Kier alpha value is -2.08. The first-order valence-electron chi connectivity index (χ1n) is 9.38. The minimum Gasteiger partial charge on any atom is -0.423 e.